The van der Waals surface area contributed by atoms with Crippen LogP contribution in [0, 0.1) is 23.6 Å². The SMILES string of the molecule is Cn1nc(C(C)(C)NC(=O)C2C3CN(C(=O)OC(C)(C)C)CC32)c2cccc(F)c21. The molecule has 2 fully saturated rings. The van der Waals surface area contributed by atoms with Crippen LogP contribution < -0.4 is 5.32 Å². The number of hydrogen-bond acceptors (Lipinski definition) is 4. The van der Waals surface area contributed by atoms with E-state index in [9.17, 15) is 14.0 Å². The second-order valence-electron chi connectivity index (χ2n) is 9.96. The molecule has 1 N–H and O–H groups in total. The van der Waals surface area contributed by atoms with Gasteiger partial charge in [0.25, 0.3) is 0 Å². The average Bonchev–Trinajstić information content (AvgIpc) is 2.95. The maximum absolute atomic E-state index is 14.2. The normalized spacial score (nSPS) is 23.4. The molecule has 8 heteroatoms. The van der Waals surface area contributed by atoms with Crippen molar-refractivity contribution < 1.29 is 18.7 Å². The van der Waals surface area contributed by atoms with Crippen molar-refractivity contribution in [2.45, 2.75) is 45.8 Å². The Labute approximate surface area is 175 Å². The summed E-state index contributed by atoms with van der Waals surface area (Å²) < 4.78 is 21.2. The summed E-state index contributed by atoms with van der Waals surface area (Å²) in [7, 11) is 1.70. The standard InChI is InChI=1S/C22H29FN4O3/c1-21(2,3)30-20(29)27-10-13-14(11-27)16(13)19(28)24-22(4,5)18-12-8-7-9-15(23)17(12)26(6)25-18/h7-9,13-14,16H,10-11H2,1-6H3,(H,24,28). The summed E-state index contributed by atoms with van der Waals surface area (Å²) in [5.41, 5.74) is -0.234. The predicted molar refractivity (Wildman–Crippen MR) is 110 cm³/mol. The molecule has 30 heavy (non-hydrogen) atoms. The number of piperidine rings is 1. The van der Waals surface area contributed by atoms with E-state index in [0.717, 1.165) is 0 Å². The molecule has 1 saturated heterocycles. The number of likely N-dealkylation sites (tertiary alicyclic amines) is 1. The number of aromatic nitrogens is 2. The van der Waals surface area contributed by atoms with Crippen molar-refractivity contribution in [1.82, 2.24) is 20.0 Å². The highest BCUT2D eigenvalue weighted by Crippen LogP contribution is 2.52. The Kier molecular flexibility index (Phi) is 4.60. The lowest BCUT2D eigenvalue weighted by Crippen LogP contribution is -2.44. The number of halogens is 1. The Balaban J connectivity index is 1.43. The quantitative estimate of drug-likeness (QED) is 0.834. The van der Waals surface area contributed by atoms with Crippen molar-refractivity contribution in [3.8, 4) is 0 Å². The lowest BCUT2D eigenvalue weighted by Gasteiger charge is -2.27. The van der Waals surface area contributed by atoms with Crippen LogP contribution in [0.15, 0.2) is 18.2 Å². The first-order valence-electron chi connectivity index (χ1n) is 10.3. The van der Waals surface area contributed by atoms with Crippen molar-refractivity contribution in [3.63, 3.8) is 0 Å². The van der Waals surface area contributed by atoms with Crippen molar-refractivity contribution in [1.29, 1.82) is 0 Å². The first kappa shape index (κ1) is 20.6. The minimum atomic E-state index is -0.758. The Morgan fingerprint density at radius 2 is 1.80 bits per heavy atom. The monoisotopic (exact) mass is 416 g/mol. The summed E-state index contributed by atoms with van der Waals surface area (Å²) in [5.74, 6) is -0.184. The van der Waals surface area contributed by atoms with Crippen LogP contribution in [0.25, 0.3) is 10.9 Å². The number of ether oxygens (including phenoxy) is 1. The molecule has 1 saturated carbocycles. The predicted octanol–water partition coefficient (Wildman–Crippen LogP) is 3.18. The highest BCUT2D eigenvalue weighted by molar-refractivity contribution is 5.87. The molecule has 2 heterocycles. The maximum atomic E-state index is 14.2. The second kappa shape index (κ2) is 6.68. The van der Waals surface area contributed by atoms with Gasteiger partial charge in [0.15, 0.2) is 0 Å². The van der Waals surface area contributed by atoms with E-state index in [1.165, 1.54) is 10.7 Å². The maximum Gasteiger partial charge on any atom is 0.410 e. The van der Waals surface area contributed by atoms with Gasteiger partial charge >= 0.3 is 6.09 Å². The molecule has 2 unspecified atom stereocenters. The third kappa shape index (κ3) is 3.52. The first-order valence-corrected chi connectivity index (χ1v) is 10.3. The molecule has 2 aromatic rings. The van der Waals surface area contributed by atoms with Gasteiger partial charge in [0.1, 0.15) is 16.9 Å². The number of nitrogens with zero attached hydrogens (tertiary/aromatic N) is 3. The summed E-state index contributed by atoms with van der Waals surface area (Å²) in [6.07, 6.45) is -0.323. The van der Waals surface area contributed by atoms with Gasteiger partial charge in [-0.2, -0.15) is 5.10 Å². The van der Waals surface area contributed by atoms with E-state index in [-0.39, 0.29) is 35.6 Å². The van der Waals surface area contributed by atoms with Crippen LogP contribution in [0.4, 0.5) is 9.18 Å². The Morgan fingerprint density at radius 3 is 2.40 bits per heavy atom. The van der Waals surface area contributed by atoms with Crippen molar-refractivity contribution >= 4 is 22.9 Å². The van der Waals surface area contributed by atoms with Gasteiger partial charge in [0.2, 0.25) is 5.91 Å². The highest BCUT2D eigenvalue weighted by atomic mass is 19.1. The van der Waals surface area contributed by atoms with Gasteiger partial charge in [0.05, 0.1) is 11.2 Å². The molecule has 2 aliphatic rings. The van der Waals surface area contributed by atoms with Gasteiger partial charge in [-0.25, -0.2) is 9.18 Å². The van der Waals surface area contributed by atoms with Crippen LogP contribution in [-0.4, -0.2) is 45.4 Å². The summed E-state index contributed by atoms with van der Waals surface area (Å²) in [6, 6.07) is 4.87. The van der Waals surface area contributed by atoms with Crippen LogP contribution in [0.5, 0.6) is 0 Å². The number of carbonyl (C=O) groups is 2. The Morgan fingerprint density at radius 1 is 1.17 bits per heavy atom. The molecule has 162 valence electrons. The van der Waals surface area contributed by atoms with Crippen molar-refractivity contribution in [2.75, 3.05) is 13.1 Å². The molecule has 0 radical (unpaired) electrons. The average molecular weight is 416 g/mol. The smallest absolute Gasteiger partial charge is 0.410 e. The zero-order valence-corrected chi connectivity index (χ0v) is 18.3. The van der Waals surface area contributed by atoms with E-state index < -0.39 is 11.1 Å². The van der Waals surface area contributed by atoms with Crippen LogP contribution in [0.1, 0.15) is 40.3 Å². The van der Waals surface area contributed by atoms with Crippen LogP contribution in [-0.2, 0) is 22.1 Å². The summed E-state index contributed by atoms with van der Waals surface area (Å²) >= 11 is 0. The van der Waals surface area contributed by atoms with Gasteiger partial charge in [-0.05, 0) is 52.5 Å². The number of fused-ring (bicyclic) bond motifs is 2. The molecule has 1 aliphatic heterocycles. The zero-order chi connectivity index (χ0) is 22.0. The zero-order valence-electron chi connectivity index (χ0n) is 18.3. The molecule has 2 amide bonds. The van der Waals surface area contributed by atoms with E-state index in [1.54, 1.807) is 18.0 Å². The molecular formula is C22H29FN4O3. The molecule has 1 aromatic heterocycles. The molecule has 0 spiro atoms. The van der Waals surface area contributed by atoms with Crippen LogP contribution >= 0.6 is 0 Å². The van der Waals surface area contributed by atoms with E-state index in [0.29, 0.717) is 29.7 Å². The lowest BCUT2D eigenvalue weighted by atomic mass is 9.96. The molecule has 7 nitrogen and oxygen atoms in total. The third-order valence-corrected chi connectivity index (χ3v) is 5.99. The molecule has 1 aliphatic carbocycles. The molecule has 2 atom stereocenters. The van der Waals surface area contributed by atoms with Crippen molar-refractivity contribution in [2.24, 2.45) is 24.8 Å². The lowest BCUT2D eigenvalue weighted by molar-refractivity contribution is -0.125. The molecule has 0 bridgehead atoms. The summed E-state index contributed by atoms with van der Waals surface area (Å²) in [6.45, 7) is 10.4. The van der Waals surface area contributed by atoms with E-state index in [2.05, 4.69) is 10.4 Å². The summed E-state index contributed by atoms with van der Waals surface area (Å²) in [4.78, 5) is 26.9. The fourth-order valence-electron chi connectivity index (χ4n) is 4.59. The first-order chi connectivity index (χ1) is 13.9. The number of nitrogens with one attached hydrogen (secondary N) is 1. The number of benzene rings is 1. The van der Waals surface area contributed by atoms with Crippen LogP contribution in [0.3, 0.4) is 0 Å². The minimum absolute atomic E-state index is 0.0472. The second-order valence-corrected chi connectivity index (χ2v) is 9.96. The molecule has 1 aromatic carbocycles. The highest BCUT2D eigenvalue weighted by Gasteiger charge is 2.61. The number of rotatable bonds is 3. The minimum Gasteiger partial charge on any atom is -0.444 e. The van der Waals surface area contributed by atoms with Gasteiger partial charge in [-0.1, -0.05) is 12.1 Å². The molecule has 4 rings (SSSR count). The van der Waals surface area contributed by atoms with E-state index in [1.807, 2.05) is 40.7 Å². The summed E-state index contributed by atoms with van der Waals surface area (Å²) in [5, 5.41) is 8.28. The van der Waals surface area contributed by atoms with Gasteiger partial charge < -0.3 is 15.0 Å². The molecular weight excluding hydrogens is 387 g/mol. The van der Waals surface area contributed by atoms with Crippen LogP contribution in [0.2, 0.25) is 0 Å². The number of amides is 2. The topological polar surface area (TPSA) is 76.5 Å². The fraction of sp³-hybridized carbons (Fsp3) is 0.591. The van der Waals surface area contributed by atoms with Crippen molar-refractivity contribution in [3.05, 3.63) is 29.7 Å². The number of para-hydroxylation sites is 1. The Bertz CT molecular complexity index is 1010. The van der Waals surface area contributed by atoms with Gasteiger partial charge in [-0.3, -0.25) is 9.48 Å². The van der Waals surface area contributed by atoms with E-state index in [4.69, 9.17) is 4.74 Å². The number of aryl methyl sites for hydroxylation is 1. The largest absolute Gasteiger partial charge is 0.444 e. The number of hydrogen-bond donors (Lipinski definition) is 1. The van der Waals surface area contributed by atoms with Gasteiger partial charge in [0, 0.05) is 31.4 Å². The number of carbonyl (C=O) groups excluding carboxylic acids is 2. The fourth-order valence-corrected chi connectivity index (χ4v) is 4.59. The van der Waals surface area contributed by atoms with Gasteiger partial charge in [-0.15, -0.1) is 0 Å². The Hall–Kier alpha value is -2.64. The van der Waals surface area contributed by atoms with E-state index >= 15 is 0 Å². The third-order valence-electron chi connectivity index (χ3n) is 5.99.